The minimum absolute atomic E-state index is 0.689. The van der Waals surface area contributed by atoms with E-state index >= 15 is 0 Å². The lowest BCUT2D eigenvalue weighted by atomic mass is 10.2. The minimum Gasteiger partial charge on any atom is -0.357 e. The van der Waals surface area contributed by atoms with Gasteiger partial charge in [-0.1, -0.05) is 30.3 Å². The van der Waals surface area contributed by atoms with Crippen LogP contribution in [0.4, 0.5) is 0 Å². The monoisotopic (exact) mass is 316 g/mol. The lowest BCUT2D eigenvalue weighted by Gasteiger charge is -2.11. The van der Waals surface area contributed by atoms with Crippen LogP contribution >= 0.6 is 11.3 Å². The van der Waals surface area contributed by atoms with Gasteiger partial charge in [-0.05, 0) is 26.3 Å². The zero-order valence-corrected chi connectivity index (χ0v) is 14.3. The summed E-state index contributed by atoms with van der Waals surface area (Å²) in [5, 5.41) is 7.82. The second kappa shape index (κ2) is 8.54. The summed E-state index contributed by atoms with van der Waals surface area (Å²) in [6.45, 7) is 8.63. The lowest BCUT2D eigenvalue weighted by Crippen LogP contribution is -2.38. The molecule has 0 bridgehead atoms. The second-order valence-corrected chi connectivity index (χ2v) is 6.39. The van der Waals surface area contributed by atoms with Gasteiger partial charge in [0.1, 0.15) is 0 Å². The van der Waals surface area contributed by atoms with E-state index in [9.17, 15) is 0 Å². The standard InChI is InChI=1S/C17H24N4S/c1-4-18-17(20-12-15-8-6-5-7-9-15)19-11-10-16-13(2)21-14(3)22-16/h5-9H,4,10-12H2,1-3H3,(H2,18,19,20). The number of aryl methyl sites for hydroxylation is 2. The van der Waals surface area contributed by atoms with E-state index in [4.69, 9.17) is 0 Å². The maximum Gasteiger partial charge on any atom is 0.191 e. The molecule has 22 heavy (non-hydrogen) atoms. The zero-order valence-electron chi connectivity index (χ0n) is 13.5. The van der Waals surface area contributed by atoms with Gasteiger partial charge >= 0.3 is 0 Å². The number of aliphatic imine (C=N–C) groups is 1. The van der Waals surface area contributed by atoms with Crippen molar-refractivity contribution in [2.24, 2.45) is 4.99 Å². The minimum atomic E-state index is 0.689. The van der Waals surface area contributed by atoms with Crippen molar-refractivity contribution in [3.05, 3.63) is 51.5 Å². The van der Waals surface area contributed by atoms with Crippen LogP contribution in [0.3, 0.4) is 0 Å². The number of aromatic nitrogens is 1. The van der Waals surface area contributed by atoms with Gasteiger partial charge in [0.25, 0.3) is 0 Å². The van der Waals surface area contributed by atoms with Gasteiger partial charge in [-0.3, -0.25) is 0 Å². The van der Waals surface area contributed by atoms with Gasteiger partial charge in [-0.25, -0.2) is 9.98 Å². The molecule has 1 aromatic heterocycles. The van der Waals surface area contributed by atoms with Crippen molar-refractivity contribution in [2.45, 2.75) is 33.7 Å². The molecular formula is C17H24N4S. The van der Waals surface area contributed by atoms with Crippen LogP contribution in [0.1, 0.15) is 28.1 Å². The number of thiazole rings is 1. The van der Waals surface area contributed by atoms with E-state index in [1.54, 1.807) is 11.3 Å². The second-order valence-electron chi connectivity index (χ2n) is 5.10. The summed E-state index contributed by atoms with van der Waals surface area (Å²) in [5.74, 6) is 0.866. The molecule has 1 heterocycles. The third-order valence-electron chi connectivity index (χ3n) is 3.25. The molecule has 0 radical (unpaired) electrons. The molecule has 0 atom stereocenters. The van der Waals surface area contributed by atoms with Crippen LogP contribution in [-0.2, 0) is 13.0 Å². The molecule has 0 fully saturated rings. The number of nitrogens with one attached hydrogen (secondary N) is 2. The summed E-state index contributed by atoms with van der Waals surface area (Å²) in [4.78, 5) is 10.4. The summed E-state index contributed by atoms with van der Waals surface area (Å²) in [7, 11) is 0. The topological polar surface area (TPSA) is 49.3 Å². The van der Waals surface area contributed by atoms with E-state index < -0.39 is 0 Å². The maximum atomic E-state index is 4.62. The molecule has 0 saturated heterocycles. The fourth-order valence-corrected chi connectivity index (χ4v) is 3.13. The van der Waals surface area contributed by atoms with Gasteiger partial charge in [0.15, 0.2) is 5.96 Å². The molecule has 0 unspecified atom stereocenters. The van der Waals surface area contributed by atoms with Crippen molar-refractivity contribution in [3.63, 3.8) is 0 Å². The summed E-state index contributed by atoms with van der Waals surface area (Å²) in [5.41, 5.74) is 2.36. The largest absolute Gasteiger partial charge is 0.357 e. The van der Waals surface area contributed by atoms with Crippen LogP contribution < -0.4 is 10.6 Å². The zero-order chi connectivity index (χ0) is 15.8. The number of hydrogen-bond acceptors (Lipinski definition) is 3. The van der Waals surface area contributed by atoms with Crippen LogP contribution in [0.2, 0.25) is 0 Å². The van der Waals surface area contributed by atoms with Crippen LogP contribution in [0.5, 0.6) is 0 Å². The van der Waals surface area contributed by atoms with E-state index in [-0.39, 0.29) is 0 Å². The molecule has 0 amide bonds. The van der Waals surface area contributed by atoms with Crippen molar-refractivity contribution in [2.75, 3.05) is 13.1 Å². The van der Waals surface area contributed by atoms with E-state index in [1.807, 2.05) is 18.2 Å². The molecule has 0 aliphatic heterocycles. The molecule has 118 valence electrons. The Morgan fingerprint density at radius 3 is 2.59 bits per heavy atom. The van der Waals surface area contributed by atoms with E-state index in [0.29, 0.717) is 6.54 Å². The van der Waals surface area contributed by atoms with Crippen molar-refractivity contribution in [1.82, 2.24) is 15.6 Å². The van der Waals surface area contributed by atoms with Gasteiger partial charge in [0.2, 0.25) is 0 Å². The quantitative estimate of drug-likeness (QED) is 0.636. The molecule has 0 saturated carbocycles. The third-order valence-corrected chi connectivity index (χ3v) is 4.38. The Morgan fingerprint density at radius 1 is 1.18 bits per heavy atom. The highest BCUT2D eigenvalue weighted by Gasteiger charge is 2.05. The van der Waals surface area contributed by atoms with E-state index in [0.717, 1.165) is 36.2 Å². The highest BCUT2D eigenvalue weighted by molar-refractivity contribution is 7.11. The van der Waals surface area contributed by atoms with Gasteiger partial charge in [0, 0.05) is 24.4 Å². The summed E-state index contributed by atoms with van der Waals surface area (Å²) in [6.07, 6.45) is 0.979. The Labute approximate surface area is 136 Å². The molecule has 2 rings (SSSR count). The fourth-order valence-electron chi connectivity index (χ4n) is 2.20. The first-order chi connectivity index (χ1) is 10.7. The van der Waals surface area contributed by atoms with Crippen molar-refractivity contribution < 1.29 is 0 Å². The first-order valence-electron chi connectivity index (χ1n) is 7.68. The highest BCUT2D eigenvalue weighted by Crippen LogP contribution is 2.16. The Balaban J connectivity index is 1.87. The lowest BCUT2D eigenvalue weighted by molar-refractivity contribution is 0.801. The SMILES string of the molecule is CCNC(=NCc1ccccc1)NCCc1sc(C)nc1C. The van der Waals surface area contributed by atoms with Crippen molar-refractivity contribution in [3.8, 4) is 0 Å². The van der Waals surface area contributed by atoms with Crippen LogP contribution in [0.15, 0.2) is 35.3 Å². The first-order valence-corrected chi connectivity index (χ1v) is 8.49. The van der Waals surface area contributed by atoms with Crippen molar-refractivity contribution in [1.29, 1.82) is 0 Å². The molecule has 0 spiro atoms. The average molecular weight is 316 g/mol. The summed E-state index contributed by atoms with van der Waals surface area (Å²) >= 11 is 1.78. The predicted octanol–water partition coefficient (Wildman–Crippen LogP) is 3.06. The Bertz CT molecular complexity index is 604. The Hall–Kier alpha value is -1.88. The van der Waals surface area contributed by atoms with E-state index in [1.165, 1.54) is 10.4 Å². The smallest absolute Gasteiger partial charge is 0.191 e. The fraction of sp³-hybridized carbons (Fsp3) is 0.412. The Morgan fingerprint density at radius 2 is 1.95 bits per heavy atom. The van der Waals surface area contributed by atoms with Gasteiger partial charge < -0.3 is 10.6 Å². The molecule has 2 aromatic rings. The number of nitrogens with zero attached hydrogens (tertiary/aromatic N) is 2. The molecule has 5 heteroatoms. The van der Waals surface area contributed by atoms with Crippen LogP contribution in [-0.4, -0.2) is 24.0 Å². The summed E-state index contributed by atoms with van der Waals surface area (Å²) < 4.78 is 0. The first kappa shape index (κ1) is 16.5. The third kappa shape index (κ3) is 5.15. The molecule has 0 aliphatic rings. The molecule has 4 nitrogen and oxygen atoms in total. The van der Waals surface area contributed by atoms with E-state index in [2.05, 4.69) is 53.5 Å². The maximum absolute atomic E-state index is 4.62. The van der Waals surface area contributed by atoms with Crippen LogP contribution in [0.25, 0.3) is 0 Å². The van der Waals surface area contributed by atoms with Gasteiger partial charge in [0.05, 0.1) is 17.2 Å². The van der Waals surface area contributed by atoms with Crippen LogP contribution in [0, 0.1) is 13.8 Å². The average Bonchev–Trinajstić information content (AvgIpc) is 2.84. The molecule has 0 aliphatic carbocycles. The number of rotatable bonds is 6. The predicted molar refractivity (Wildman–Crippen MR) is 94.6 cm³/mol. The number of guanidine groups is 1. The molecule has 1 aromatic carbocycles. The molecular weight excluding hydrogens is 292 g/mol. The summed E-state index contributed by atoms with van der Waals surface area (Å²) in [6, 6.07) is 10.3. The molecule has 2 N–H and O–H groups in total. The van der Waals surface area contributed by atoms with Gasteiger partial charge in [-0.15, -0.1) is 11.3 Å². The van der Waals surface area contributed by atoms with Gasteiger partial charge in [-0.2, -0.15) is 0 Å². The normalized spacial score (nSPS) is 11.5. The van der Waals surface area contributed by atoms with Crippen molar-refractivity contribution >= 4 is 17.3 Å². The number of hydrogen-bond donors (Lipinski definition) is 2. The Kier molecular flexibility index (Phi) is 6.40. The number of benzene rings is 1. The highest BCUT2D eigenvalue weighted by atomic mass is 32.1.